The molecular formula is C13H24N4O3. The molecule has 0 saturated carbocycles. The molecular weight excluding hydrogens is 260 g/mol. The molecule has 1 rings (SSSR count). The second-order valence-electron chi connectivity index (χ2n) is 4.81. The lowest BCUT2D eigenvalue weighted by atomic mass is 10.1. The van der Waals surface area contributed by atoms with E-state index in [1.165, 1.54) is 0 Å². The van der Waals surface area contributed by atoms with E-state index in [1.807, 2.05) is 18.7 Å². The van der Waals surface area contributed by atoms with Gasteiger partial charge in [0.2, 0.25) is 5.91 Å². The van der Waals surface area contributed by atoms with E-state index in [1.54, 1.807) is 0 Å². The average molecular weight is 284 g/mol. The van der Waals surface area contributed by atoms with Gasteiger partial charge >= 0.3 is 0 Å². The Labute approximate surface area is 119 Å². The van der Waals surface area contributed by atoms with Crippen molar-refractivity contribution in [3.05, 3.63) is 10.4 Å². The molecule has 0 N–H and O–H groups in total. The first kappa shape index (κ1) is 16.8. The Balaban J connectivity index is 2.27. The first-order valence-electron chi connectivity index (χ1n) is 7.23. The molecule has 0 aromatic carbocycles. The van der Waals surface area contributed by atoms with Crippen molar-refractivity contribution in [1.29, 1.82) is 0 Å². The Morgan fingerprint density at radius 1 is 1.45 bits per heavy atom. The minimum atomic E-state index is -0.179. The summed E-state index contributed by atoms with van der Waals surface area (Å²) >= 11 is 0. The fourth-order valence-corrected chi connectivity index (χ4v) is 2.38. The molecule has 1 heterocycles. The average Bonchev–Trinajstić information content (AvgIpc) is 2.77. The number of likely N-dealkylation sites (tertiary alicyclic amines) is 1. The van der Waals surface area contributed by atoms with E-state index in [0.29, 0.717) is 39.3 Å². The van der Waals surface area contributed by atoms with Gasteiger partial charge in [-0.05, 0) is 31.7 Å². The third-order valence-corrected chi connectivity index (χ3v) is 3.27. The summed E-state index contributed by atoms with van der Waals surface area (Å²) < 4.78 is 10.9. The van der Waals surface area contributed by atoms with Gasteiger partial charge in [-0.3, -0.25) is 4.79 Å². The smallest absolute Gasteiger partial charge is 0.222 e. The van der Waals surface area contributed by atoms with Gasteiger partial charge in [0, 0.05) is 50.6 Å². The van der Waals surface area contributed by atoms with Crippen LogP contribution in [0, 0.1) is 5.92 Å². The number of hydrogen-bond acceptors (Lipinski definition) is 4. The molecule has 1 amide bonds. The Hall–Kier alpha value is -1.30. The van der Waals surface area contributed by atoms with E-state index in [4.69, 9.17) is 15.0 Å². The van der Waals surface area contributed by atoms with Crippen LogP contribution in [0.3, 0.4) is 0 Å². The maximum absolute atomic E-state index is 11.8. The summed E-state index contributed by atoms with van der Waals surface area (Å²) in [7, 11) is 0. The van der Waals surface area contributed by atoms with E-state index in [2.05, 4.69) is 10.0 Å². The van der Waals surface area contributed by atoms with Gasteiger partial charge in [0.25, 0.3) is 0 Å². The van der Waals surface area contributed by atoms with Crippen LogP contribution in [0.1, 0.15) is 33.1 Å². The van der Waals surface area contributed by atoms with Gasteiger partial charge in [-0.2, -0.15) is 0 Å². The van der Waals surface area contributed by atoms with Gasteiger partial charge in [0.05, 0.1) is 0 Å². The summed E-state index contributed by atoms with van der Waals surface area (Å²) in [6.45, 7) is 6.93. The number of carbonyl (C=O) groups excluding carboxylic acids is 1. The third kappa shape index (κ3) is 5.77. The molecule has 1 saturated heterocycles. The number of nitrogens with zero attached hydrogens (tertiary/aromatic N) is 4. The topological polar surface area (TPSA) is 87.5 Å². The highest BCUT2D eigenvalue weighted by Gasteiger charge is 2.28. The Bertz CT molecular complexity index is 339. The Morgan fingerprint density at radius 2 is 2.15 bits per heavy atom. The molecule has 1 unspecified atom stereocenters. The van der Waals surface area contributed by atoms with E-state index in [9.17, 15) is 4.79 Å². The molecule has 0 spiro atoms. The lowest BCUT2D eigenvalue weighted by Crippen LogP contribution is -2.28. The molecule has 1 aliphatic heterocycles. The zero-order chi connectivity index (χ0) is 14.8. The van der Waals surface area contributed by atoms with E-state index in [-0.39, 0.29) is 18.1 Å². The van der Waals surface area contributed by atoms with Crippen molar-refractivity contribution in [3.63, 3.8) is 0 Å². The van der Waals surface area contributed by atoms with Gasteiger partial charge < -0.3 is 14.4 Å². The third-order valence-electron chi connectivity index (χ3n) is 3.27. The number of azide groups is 1. The van der Waals surface area contributed by atoms with Gasteiger partial charge in [0.15, 0.2) is 6.29 Å². The predicted octanol–water partition coefficient (Wildman–Crippen LogP) is 2.32. The molecule has 7 heteroatoms. The second-order valence-corrected chi connectivity index (χ2v) is 4.81. The minimum absolute atomic E-state index is 0.146. The fourth-order valence-electron chi connectivity index (χ4n) is 2.38. The monoisotopic (exact) mass is 284 g/mol. The van der Waals surface area contributed by atoms with E-state index >= 15 is 0 Å². The van der Waals surface area contributed by atoms with Gasteiger partial charge in [-0.15, -0.1) is 0 Å². The van der Waals surface area contributed by atoms with Crippen LogP contribution in [0.2, 0.25) is 0 Å². The Kier molecular flexibility index (Phi) is 8.02. The van der Waals surface area contributed by atoms with E-state index < -0.39 is 0 Å². The van der Waals surface area contributed by atoms with Crippen molar-refractivity contribution in [3.8, 4) is 0 Å². The molecule has 1 aliphatic rings. The summed E-state index contributed by atoms with van der Waals surface area (Å²) in [6, 6.07) is 0. The van der Waals surface area contributed by atoms with Crippen LogP contribution in [0.5, 0.6) is 0 Å². The van der Waals surface area contributed by atoms with Gasteiger partial charge in [-0.25, -0.2) is 0 Å². The molecule has 0 aromatic rings. The van der Waals surface area contributed by atoms with Crippen LogP contribution in [0.15, 0.2) is 5.11 Å². The Morgan fingerprint density at radius 3 is 2.75 bits per heavy atom. The van der Waals surface area contributed by atoms with Gasteiger partial charge in [-0.1, -0.05) is 5.11 Å². The largest absolute Gasteiger partial charge is 0.353 e. The summed E-state index contributed by atoms with van der Waals surface area (Å²) in [5, 5.41) is 3.54. The summed E-state index contributed by atoms with van der Waals surface area (Å²) in [4.78, 5) is 16.4. The zero-order valence-corrected chi connectivity index (χ0v) is 12.3. The fraction of sp³-hybridized carbons (Fsp3) is 0.923. The van der Waals surface area contributed by atoms with Crippen molar-refractivity contribution in [2.75, 3.05) is 32.8 Å². The molecule has 20 heavy (non-hydrogen) atoms. The van der Waals surface area contributed by atoms with Crippen molar-refractivity contribution in [2.24, 2.45) is 11.0 Å². The number of carbonyl (C=O) groups is 1. The zero-order valence-electron chi connectivity index (χ0n) is 12.3. The summed E-state index contributed by atoms with van der Waals surface area (Å²) in [6.07, 6.45) is 1.94. The summed E-state index contributed by atoms with van der Waals surface area (Å²) in [5.41, 5.74) is 8.29. The lowest BCUT2D eigenvalue weighted by molar-refractivity contribution is -0.141. The molecule has 7 nitrogen and oxygen atoms in total. The van der Waals surface area contributed by atoms with Crippen LogP contribution in [-0.4, -0.2) is 49.9 Å². The highest BCUT2D eigenvalue weighted by Crippen LogP contribution is 2.19. The quantitative estimate of drug-likeness (QED) is 0.267. The SMILES string of the molecule is CCOC(CCCN1CC(CN=[N+]=[N-])CC1=O)OCC. The van der Waals surface area contributed by atoms with Crippen LogP contribution >= 0.6 is 0 Å². The maximum Gasteiger partial charge on any atom is 0.222 e. The number of ether oxygens (including phenoxy) is 2. The second kappa shape index (κ2) is 9.58. The number of hydrogen-bond donors (Lipinski definition) is 0. The number of amides is 1. The van der Waals surface area contributed by atoms with Crippen LogP contribution in [0.25, 0.3) is 10.4 Å². The van der Waals surface area contributed by atoms with Crippen LogP contribution in [-0.2, 0) is 14.3 Å². The first-order chi connectivity index (χ1) is 9.71. The van der Waals surface area contributed by atoms with Crippen LogP contribution < -0.4 is 0 Å². The van der Waals surface area contributed by atoms with Crippen LogP contribution in [0.4, 0.5) is 0 Å². The maximum atomic E-state index is 11.8. The minimum Gasteiger partial charge on any atom is -0.353 e. The first-order valence-corrected chi connectivity index (χ1v) is 7.23. The molecule has 0 bridgehead atoms. The molecule has 0 aliphatic carbocycles. The van der Waals surface area contributed by atoms with Crippen molar-refractivity contribution in [1.82, 2.24) is 4.90 Å². The van der Waals surface area contributed by atoms with Crippen molar-refractivity contribution < 1.29 is 14.3 Å². The summed E-state index contributed by atoms with van der Waals surface area (Å²) in [5.74, 6) is 0.306. The number of rotatable bonds is 10. The molecule has 1 fully saturated rings. The van der Waals surface area contributed by atoms with E-state index in [0.717, 1.165) is 12.8 Å². The molecule has 0 radical (unpaired) electrons. The molecule has 1 atom stereocenters. The molecule has 0 aromatic heterocycles. The predicted molar refractivity (Wildman–Crippen MR) is 75.0 cm³/mol. The molecule has 114 valence electrons. The highest BCUT2D eigenvalue weighted by molar-refractivity contribution is 5.78. The highest BCUT2D eigenvalue weighted by atomic mass is 16.7. The van der Waals surface area contributed by atoms with Gasteiger partial charge in [0.1, 0.15) is 0 Å². The lowest BCUT2D eigenvalue weighted by Gasteiger charge is -2.20. The standard InChI is InChI=1S/C13H24N4O3/c1-3-19-13(20-4-2)6-5-7-17-10-11(8-12(17)18)9-15-16-14/h11,13H,3-10H2,1-2H3. The normalized spacial score (nSPS) is 18.6. The van der Waals surface area contributed by atoms with Crippen molar-refractivity contribution in [2.45, 2.75) is 39.4 Å². The van der Waals surface area contributed by atoms with Crippen molar-refractivity contribution >= 4 is 5.91 Å².